The summed E-state index contributed by atoms with van der Waals surface area (Å²) in [6.45, 7) is 4.25. The molecule has 2 rings (SSSR count). The van der Waals surface area contributed by atoms with Crippen molar-refractivity contribution in [2.45, 2.75) is 44.5 Å². The summed E-state index contributed by atoms with van der Waals surface area (Å²) in [5.41, 5.74) is 6.42. The van der Waals surface area contributed by atoms with Gasteiger partial charge in [-0.15, -0.1) is 0 Å². The van der Waals surface area contributed by atoms with E-state index < -0.39 is 0 Å². The van der Waals surface area contributed by atoms with Gasteiger partial charge in [-0.05, 0) is 19.3 Å². The van der Waals surface area contributed by atoms with Gasteiger partial charge in [0.05, 0.1) is 18.3 Å². The van der Waals surface area contributed by atoms with Crippen molar-refractivity contribution >= 4 is 0 Å². The van der Waals surface area contributed by atoms with E-state index >= 15 is 0 Å². The number of likely N-dealkylation sites (tertiary alicyclic amines) is 1. The van der Waals surface area contributed by atoms with Gasteiger partial charge in [0.15, 0.2) is 0 Å². The Morgan fingerprint density at radius 2 is 2.00 bits per heavy atom. The fraction of sp³-hybridized carbons (Fsp3) is 1.00. The van der Waals surface area contributed by atoms with E-state index in [4.69, 9.17) is 0 Å². The van der Waals surface area contributed by atoms with Gasteiger partial charge in [-0.1, -0.05) is 6.92 Å². The Kier molecular flexibility index (Phi) is 2.83. The van der Waals surface area contributed by atoms with Crippen LogP contribution in [0.3, 0.4) is 0 Å². The first-order chi connectivity index (χ1) is 6.31. The lowest BCUT2D eigenvalue weighted by Crippen LogP contribution is -2.73. The molecule has 4 nitrogen and oxygen atoms in total. The Labute approximate surface area is 79.3 Å². The summed E-state index contributed by atoms with van der Waals surface area (Å²) >= 11 is 0. The lowest BCUT2D eigenvalue weighted by Gasteiger charge is -2.47. The molecule has 0 amide bonds. The minimum absolute atomic E-state index is 0.0654. The second-order valence-electron chi connectivity index (χ2n) is 4.02. The molecule has 0 aromatic rings. The highest BCUT2D eigenvalue weighted by Crippen LogP contribution is 2.17. The van der Waals surface area contributed by atoms with E-state index in [1.807, 2.05) is 0 Å². The Morgan fingerprint density at radius 1 is 1.31 bits per heavy atom. The van der Waals surface area contributed by atoms with Crippen LogP contribution < -0.4 is 10.9 Å². The molecular formula is C9H19N3O. The standard InChI is InChI=1S/C9H19N3O/c1-2-8-9(11-10-8)12-5-3-7(13)4-6-12/h7-11,13H,2-6H2,1H3/t8-,9+/m0/s1. The van der Waals surface area contributed by atoms with Crippen LogP contribution in [0, 0.1) is 0 Å². The monoisotopic (exact) mass is 185 g/mol. The molecule has 0 aliphatic carbocycles. The molecule has 2 aliphatic rings. The summed E-state index contributed by atoms with van der Waals surface area (Å²) in [6.07, 6.45) is 3.45. The highest BCUT2D eigenvalue weighted by atomic mass is 16.3. The Bertz CT molecular complexity index is 166. The second kappa shape index (κ2) is 3.92. The molecule has 4 heteroatoms. The molecule has 2 fully saturated rings. The van der Waals surface area contributed by atoms with Gasteiger partial charge >= 0.3 is 0 Å². The molecule has 0 radical (unpaired) electrons. The number of hydrogen-bond donors (Lipinski definition) is 3. The molecule has 0 bridgehead atoms. The number of aliphatic hydroxyl groups excluding tert-OH is 1. The number of aliphatic hydroxyl groups is 1. The maximum atomic E-state index is 9.36. The molecule has 3 N–H and O–H groups in total. The van der Waals surface area contributed by atoms with Crippen molar-refractivity contribution in [2.24, 2.45) is 0 Å². The minimum atomic E-state index is -0.0654. The number of nitrogens with zero attached hydrogens (tertiary/aromatic N) is 1. The quantitative estimate of drug-likeness (QED) is 0.550. The Morgan fingerprint density at radius 3 is 2.46 bits per heavy atom. The number of rotatable bonds is 2. The van der Waals surface area contributed by atoms with Crippen molar-refractivity contribution in [3.8, 4) is 0 Å². The molecule has 2 atom stereocenters. The second-order valence-corrected chi connectivity index (χ2v) is 4.02. The molecule has 2 heterocycles. The summed E-state index contributed by atoms with van der Waals surface area (Å²) in [4.78, 5) is 2.43. The van der Waals surface area contributed by atoms with Crippen LogP contribution in [0.4, 0.5) is 0 Å². The van der Waals surface area contributed by atoms with Crippen molar-refractivity contribution < 1.29 is 5.11 Å². The van der Waals surface area contributed by atoms with Crippen LogP contribution in [0.25, 0.3) is 0 Å². The first-order valence-electron chi connectivity index (χ1n) is 5.24. The van der Waals surface area contributed by atoms with Gasteiger partial charge in [-0.2, -0.15) is 0 Å². The molecule has 0 unspecified atom stereocenters. The van der Waals surface area contributed by atoms with Crippen LogP contribution in [-0.2, 0) is 0 Å². The third kappa shape index (κ3) is 1.86. The number of piperidine rings is 1. The largest absolute Gasteiger partial charge is 0.393 e. The first kappa shape index (κ1) is 9.40. The van der Waals surface area contributed by atoms with E-state index in [1.54, 1.807) is 0 Å². The van der Waals surface area contributed by atoms with Gasteiger partial charge in [0.2, 0.25) is 0 Å². The zero-order valence-electron chi connectivity index (χ0n) is 8.16. The Hall–Kier alpha value is -0.160. The highest BCUT2D eigenvalue weighted by molar-refractivity contribution is 4.89. The molecular weight excluding hydrogens is 166 g/mol. The minimum Gasteiger partial charge on any atom is -0.393 e. The van der Waals surface area contributed by atoms with Gasteiger partial charge < -0.3 is 5.11 Å². The molecule has 0 aromatic heterocycles. The highest BCUT2D eigenvalue weighted by Gasteiger charge is 2.34. The van der Waals surface area contributed by atoms with Crippen molar-refractivity contribution in [1.82, 2.24) is 15.8 Å². The molecule has 13 heavy (non-hydrogen) atoms. The van der Waals surface area contributed by atoms with Crippen LogP contribution in [0.5, 0.6) is 0 Å². The van der Waals surface area contributed by atoms with Crippen molar-refractivity contribution in [1.29, 1.82) is 0 Å². The number of hydrogen-bond acceptors (Lipinski definition) is 4. The van der Waals surface area contributed by atoms with Crippen molar-refractivity contribution in [3.63, 3.8) is 0 Å². The van der Waals surface area contributed by atoms with Gasteiger partial charge in [-0.25, -0.2) is 5.43 Å². The van der Waals surface area contributed by atoms with Crippen LogP contribution in [0.15, 0.2) is 0 Å². The molecule has 2 aliphatic heterocycles. The summed E-state index contributed by atoms with van der Waals surface area (Å²) < 4.78 is 0. The number of nitrogens with one attached hydrogen (secondary N) is 2. The zero-order chi connectivity index (χ0) is 9.26. The fourth-order valence-corrected chi connectivity index (χ4v) is 2.11. The smallest absolute Gasteiger partial charge is 0.0897 e. The van der Waals surface area contributed by atoms with E-state index in [2.05, 4.69) is 22.7 Å². The fourth-order valence-electron chi connectivity index (χ4n) is 2.11. The van der Waals surface area contributed by atoms with Gasteiger partial charge in [-0.3, -0.25) is 10.3 Å². The van der Waals surface area contributed by atoms with Crippen molar-refractivity contribution in [3.05, 3.63) is 0 Å². The van der Waals surface area contributed by atoms with Gasteiger partial charge in [0, 0.05) is 13.1 Å². The third-order valence-electron chi connectivity index (χ3n) is 3.13. The molecule has 0 saturated carbocycles. The maximum Gasteiger partial charge on any atom is 0.0897 e. The summed E-state index contributed by atoms with van der Waals surface area (Å²) in [5, 5.41) is 9.36. The average molecular weight is 185 g/mol. The van der Waals surface area contributed by atoms with Crippen LogP contribution >= 0.6 is 0 Å². The molecule has 2 saturated heterocycles. The SMILES string of the molecule is CC[C@@H]1NN[C@@H]1N1CCC(O)CC1. The zero-order valence-corrected chi connectivity index (χ0v) is 8.16. The van der Waals surface area contributed by atoms with Crippen LogP contribution in [0.1, 0.15) is 26.2 Å². The lowest BCUT2D eigenvalue weighted by molar-refractivity contribution is -0.0101. The van der Waals surface area contributed by atoms with Gasteiger partial charge in [0.1, 0.15) is 0 Å². The Balaban J connectivity index is 1.81. The van der Waals surface area contributed by atoms with E-state index in [-0.39, 0.29) is 6.10 Å². The summed E-state index contributed by atoms with van der Waals surface area (Å²) in [6, 6.07) is 0.593. The van der Waals surface area contributed by atoms with Crippen LogP contribution in [0.2, 0.25) is 0 Å². The average Bonchev–Trinajstić information content (AvgIpc) is 2.08. The molecule has 0 spiro atoms. The predicted octanol–water partition coefficient (Wildman–Crippen LogP) is -0.344. The summed E-state index contributed by atoms with van der Waals surface area (Å²) in [7, 11) is 0. The number of hydrazine groups is 1. The topological polar surface area (TPSA) is 47.5 Å². The first-order valence-corrected chi connectivity index (χ1v) is 5.24. The van der Waals surface area contributed by atoms with E-state index in [0.717, 1.165) is 32.4 Å². The summed E-state index contributed by atoms with van der Waals surface area (Å²) in [5.74, 6) is 0. The van der Waals surface area contributed by atoms with Gasteiger partial charge in [0.25, 0.3) is 0 Å². The lowest BCUT2D eigenvalue weighted by atomic mass is 10.0. The predicted molar refractivity (Wildman–Crippen MR) is 51.0 cm³/mol. The third-order valence-corrected chi connectivity index (χ3v) is 3.13. The van der Waals surface area contributed by atoms with Crippen molar-refractivity contribution in [2.75, 3.05) is 13.1 Å². The normalized spacial score (nSPS) is 37.4. The molecule has 76 valence electrons. The van der Waals surface area contributed by atoms with E-state index in [9.17, 15) is 5.11 Å². The van der Waals surface area contributed by atoms with E-state index in [1.165, 1.54) is 0 Å². The van der Waals surface area contributed by atoms with E-state index in [0.29, 0.717) is 12.2 Å². The van der Waals surface area contributed by atoms with Crippen LogP contribution in [-0.4, -0.2) is 41.4 Å². The maximum absolute atomic E-state index is 9.36. The molecule has 0 aromatic carbocycles.